The molecule has 1 saturated carbocycles. The number of nitrogens with zero attached hydrogens (tertiary/aromatic N) is 2. The largest absolute Gasteiger partial charge is 0.360 e. The summed E-state index contributed by atoms with van der Waals surface area (Å²) in [5.41, 5.74) is 6.47. The summed E-state index contributed by atoms with van der Waals surface area (Å²) in [7, 11) is 0. The van der Waals surface area contributed by atoms with E-state index in [9.17, 15) is 14.0 Å². The first-order chi connectivity index (χ1) is 19.7. The first kappa shape index (κ1) is 27.3. The van der Waals surface area contributed by atoms with E-state index in [0.29, 0.717) is 42.1 Å². The third-order valence-corrected chi connectivity index (χ3v) is 9.24. The van der Waals surface area contributed by atoms with Crippen LogP contribution in [0, 0.1) is 16.6 Å². The van der Waals surface area contributed by atoms with Crippen molar-refractivity contribution < 1.29 is 14.0 Å². The summed E-state index contributed by atoms with van der Waals surface area (Å²) in [6, 6.07) is 10.2. The van der Waals surface area contributed by atoms with Gasteiger partial charge in [0.05, 0.1) is 12.2 Å². The lowest BCUT2D eigenvalue weighted by atomic mass is 9.68. The molecule has 7 heteroatoms. The molecule has 3 heterocycles. The van der Waals surface area contributed by atoms with E-state index in [-0.39, 0.29) is 28.3 Å². The average Bonchev–Trinajstić information content (AvgIpc) is 3.59. The number of amides is 1. The van der Waals surface area contributed by atoms with Crippen molar-refractivity contribution in [1.29, 1.82) is 0 Å². The Morgan fingerprint density at radius 2 is 1.90 bits per heavy atom. The predicted octanol–water partition coefficient (Wildman–Crippen LogP) is 6.31. The van der Waals surface area contributed by atoms with E-state index >= 15 is 0 Å². The van der Waals surface area contributed by atoms with Crippen LogP contribution >= 0.6 is 0 Å². The highest BCUT2D eigenvalue weighted by Gasteiger charge is 2.46. The second-order valence-corrected chi connectivity index (χ2v) is 12.7. The second-order valence-electron chi connectivity index (χ2n) is 12.7. The number of aliphatic imine (C=N–C) groups is 1. The van der Waals surface area contributed by atoms with Gasteiger partial charge in [-0.15, -0.1) is 0 Å². The molecule has 41 heavy (non-hydrogen) atoms. The molecule has 1 spiro atoms. The molecule has 6 nitrogen and oxygen atoms in total. The molecule has 2 N–H and O–H groups in total. The van der Waals surface area contributed by atoms with Gasteiger partial charge in [0.2, 0.25) is 0 Å². The van der Waals surface area contributed by atoms with Crippen LogP contribution in [0.3, 0.4) is 0 Å². The Labute approximate surface area is 240 Å². The lowest BCUT2D eigenvalue weighted by Crippen LogP contribution is -2.40. The van der Waals surface area contributed by atoms with E-state index in [2.05, 4.69) is 41.4 Å². The summed E-state index contributed by atoms with van der Waals surface area (Å²) in [5, 5.41) is 6.65. The van der Waals surface area contributed by atoms with Gasteiger partial charge in [0.15, 0.2) is 5.78 Å². The first-order valence-corrected chi connectivity index (χ1v) is 14.7. The Morgan fingerprint density at radius 3 is 2.61 bits per heavy atom. The Kier molecular flexibility index (Phi) is 7.00. The molecular formula is C34H37FN4O2. The molecule has 212 valence electrons. The maximum atomic E-state index is 13.9. The number of carbonyl (C=O) groups excluding carboxylic acids is 2. The van der Waals surface area contributed by atoms with Crippen LogP contribution < -0.4 is 10.6 Å². The highest BCUT2D eigenvalue weighted by Crippen LogP contribution is 2.52. The van der Waals surface area contributed by atoms with Gasteiger partial charge in [0.1, 0.15) is 11.5 Å². The summed E-state index contributed by atoms with van der Waals surface area (Å²) in [4.78, 5) is 36.6. The van der Waals surface area contributed by atoms with E-state index in [1.165, 1.54) is 12.1 Å². The standard InChI is InChI=1S/C34H37FN4O2/c1-4-33(2,3)20-38-32(41)31-30-25(15-24-11-10-22(18-36-24)21-8-7-9-23(35)14-21)29-26(39-27(30)19-37-31)16-34(17-28(29)40)12-5-6-13-34/h7-11,14-15,18,39H,4-6,12-13,16-17,19-20H2,1-3H3,(H,38,41)/b25-15-. The number of halogens is 1. The minimum atomic E-state index is -0.299. The normalized spacial score (nSPS) is 20.7. The van der Waals surface area contributed by atoms with Gasteiger partial charge < -0.3 is 10.6 Å². The number of aromatic nitrogens is 1. The molecule has 1 aromatic carbocycles. The third-order valence-electron chi connectivity index (χ3n) is 9.24. The van der Waals surface area contributed by atoms with Crippen molar-refractivity contribution in [3.05, 3.63) is 82.2 Å². The summed E-state index contributed by atoms with van der Waals surface area (Å²) in [5.74, 6) is -0.404. The van der Waals surface area contributed by atoms with Gasteiger partial charge in [0.25, 0.3) is 5.91 Å². The number of ketones is 1. The molecular weight excluding hydrogens is 515 g/mol. The Morgan fingerprint density at radius 1 is 1.10 bits per heavy atom. The second kappa shape index (κ2) is 10.5. The quantitative estimate of drug-likeness (QED) is 0.440. The van der Waals surface area contributed by atoms with Crippen molar-refractivity contribution in [2.24, 2.45) is 15.8 Å². The van der Waals surface area contributed by atoms with Crippen molar-refractivity contribution in [2.75, 3.05) is 13.1 Å². The van der Waals surface area contributed by atoms with Crippen molar-refractivity contribution in [3.63, 3.8) is 0 Å². The molecule has 0 radical (unpaired) electrons. The van der Waals surface area contributed by atoms with Crippen molar-refractivity contribution in [3.8, 4) is 11.1 Å². The van der Waals surface area contributed by atoms with E-state index in [0.717, 1.165) is 66.6 Å². The number of benzene rings is 1. The lowest BCUT2D eigenvalue weighted by Gasteiger charge is -2.38. The van der Waals surface area contributed by atoms with Crippen LogP contribution in [0.25, 0.3) is 17.2 Å². The molecule has 2 aromatic rings. The number of Topliss-reactive ketones (excluding diaryl/α,β-unsaturated/α-hetero) is 1. The summed E-state index contributed by atoms with van der Waals surface area (Å²) < 4.78 is 13.8. The van der Waals surface area contributed by atoms with Crippen LogP contribution in [0.4, 0.5) is 4.39 Å². The molecule has 6 rings (SSSR count). The molecule has 0 bridgehead atoms. The number of hydrogen-bond donors (Lipinski definition) is 2. The number of pyridine rings is 1. The van der Waals surface area contributed by atoms with Gasteiger partial charge in [-0.2, -0.15) is 0 Å². The Hall–Kier alpha value is -3.87. The van der Waals surface area contributed by atoms with Crippen LogP contribution in [0.5, 0.6) is 0 Å². The van der Waals surface area contributed by atoms with Gasteiger partial charge in [-0.25, -0.2) is 4.39 Å². The first-order valence-electron chi connectivity index (χ1n) is 14.7. The number of hydrogen-bond acceptors (Lipinski definition) is 5. The number of nitrogens with one attached hydrogen (secondary N) is 2. The number of rotatable bonds is 6. The van der Waals surface area contributed by atoms with Crippen LogP contribution in [0.1, 0.15) is 71.4 Å². The summed E-state index contributed by atoms with van der Waals surface area (Å²) in [6.45, 7) is 7.26. The van der Waals surface area contributed by atoms with Crippen LogP contribution in [0.2, 0.25) is 0 Å². The number of carbonyl (C=O) groups is 2. The predicted molar refractivity (Wildman–Crippen MR) is 159 cm³/mol. The van der Waals surface area contributed by atoms with E-state index in [1.54, 1.807) is 12.3 Å². The van der Waals surface area contributed by atoms with E-state index in [4.69, 9.17) is 0 Å². The SMILES string of the molecule is CCC(C)(C)CNC(=O)C1=NCC2=C1/C(=C\c1ccc(-c3cccc(F)c3)cn1)C1=C(CC3(CCCC3)CC1=O)N2. The van der Waals surface area contributed by atoms with Gasteiger partial charge in [-0.1, -0.05) is 51.8 Å². The van der Waals surface area contributed by atoms with Crippen LogP contribution in [0.15, 0.2) is 75.7 Å². The fraction of sp³-hybridized carbons (Fsp3) is 0.412. The molecule has 1 amide bonds. The molecule has 2 aliphatic carbocycles. The zero-order valence-corrected chi connectivity index (χ0v) is 24.1. The maximum Gasteiger partial charge on any atom is 0.270 e. The Balaban J connectivity index is 1.38. The average molecular weight is 553 g/mol. The third kappa shape index (κ3) is 5.30. The molecule has 4 aliphatic rings. The van der Waals surface area contributed by atoms with Crippen LogP contribution in [-0.2, 0) is 9.59 Å². The van der Waals surface area contributed by atoms with Gasteiger partial charge in [-0.05, 0) is 66.4 Å². The van der Waals surface area contributed by atoms with Crippen LogP contribution in [-0.4, -0.2) is 35.5 Å². The smallest absolute Gasteiger partial charge is 0.270 e. The highest BCUT2D eigenvalue weighted by molar-refractivity contribution is 6.48. The van der Waals surface area contributed by atoms with E-state index in [1.807, 2.05) is 24.3 Å². The fourth-order valence-electron chi connectivity index (χ4n) is 6.51. The lowest BCUT2D eigenvalue weighted by molar-refractivity contribution is -0.118. The fourth-order valence-corrected chi connectivity index (χ4v) is 6.51. The van der Waals surface area contributed by atoms with E-state index < -0.39 is 0 Å². The molecule has 0 unspecified atom stereocenters. The minimum absolute atomic E-state index is 0.0301. The summed E-state index contributed by atoms with van der Waals surface area (Å²) in [6.07, 6.45) is 10.4. The van der Waals surface area contributed by atoms with Crippen molar-refractivity contribution >= 4 is 23.5 Å². The van der Waals surface area contributed by atoms with Crippen molar-refractivity contribution in [2.45, 2.75) is 65.7 Å². The molecule has 1 fully saturated rings. The Bertz CT molecular complexity index is 1540. The zero-order chi connectivity index (χ0) is 28.8. The van der Waals surface area contributed by atoms with Gasteiger partial charge in [-0.3, -0.25) is 19.6 Å². The van der Waals surface area contributed by atoms with Gasteiger partial charge in [0, 0.05) is 52.8 Å². The number of dihydropyridines is 1. The monoisotopic (exact) mass is 552 g/mol. The molecule has 1 aromatic heterocycles. The minimum Gasteiger partial charge on any atom is -0.360 e. The topological polar surface area (TPSA) is 83.5 Å². The van der Waals surface area contributed by atoms with Gasteiger partial charge >= 0.3 is 0 Å². The molecule has 0 atom stereocenters. The number of allylic oxidation sites excluding steroid dienone is 3. The van der Waals surface area contributed by atoms with Crippen molar-refractivity contribution in [1.82, 2.24) is 15.6 Å². The summed E-state index contributed by atoms with van der Waals surface area (Å²) >= 11 is 0. The highest BCUT2D eigenvalue weighted by atomic mass is 19.1. The molecule has 2 aliphatic heterocycles. The zero-order valence-electron chi connectivity index (χ0n) is 24.1. The maximum absolute atomic E-state index is 13.9. The molecule has 0 saturated heterocycles.